The Kier molecular flexibility index (Phi) is 6.73. The number of para-hydroxylation sites is 1. The zero-order chi connectivity index (χ0) is 24.6. The number of benzene rings is 1. The number of carboxylic acids is 1. The summed E-state index contributed by atoms with van der Waals surface area (Å²) in [5.41, 5.74) is -0.0975. The van der Waals surface area contributed by atoms with Gasteiger partial charge in [0.2, 0.25) is 5.91 Å². The van der Waals surface area contributed by atoms with Crippen molar-refractivity contribution >= 4 is 11.9 Å². The lowest BCUT2D eigenvalue weighted by atomic mass is 9.64. The van der Waals surface area contributed by atoms with Gasteiger partial charge in [0, 0.05) is 42.8 Å². The van der Waals surface area contributed by atoms with E-state index in [1.165, 1.54) is 25.7 Å². The van der Waals surface area contributed by atoms with Crippen molar-refractivity contribution in [1.82, 2.24) is 4.90 Å². The first kappa shape index (κ1) is 24.4. The van der Waals surface area contributed by atoms with E-state index in [4.69, 9.17) is 9.47 Å². The van der Waals surface area contributed by atoms with Crippen molar-refractivity contribution in [2.24, 2.45) is 17.3 Å². The van der Waals surface area contributed by atoms with E-state index >= 15 is 0 Å². The largest absolute Gasteiger partial charge is 0.504 e. The first-order valence-electron chi connectivity index (χ1n) is 13.4. The molecule has 1 aliphatic carbocycles. The van der Waals surface area contributed by atoms with Crippen LogP contribution in [0.5, 0.6) is 11.5 Å². The van der Waals surface area contributed by atoms with Gasteiger partial charge in [-0.05, 0) is 51.0 Å². The molecule has 1 aromatic rings. The summed E-state index contributed by atoms with van der Waals surface area (Å²) >= 11 is 0. The average Bonchev–Trinajstić information content (AvgIpc) is 3.36. The molecule has 0 aromatic heterocycles. The Bertz CT molecular complexity index is 959. The third kappa shape index (κ3) is 4.89. The lowest BCUT2D eigenvalue weighted by molar-refractivity contribution is -0.185. The number of carboxylic acid groups (broad SMARTS) is 1. The fraction of sp³-hybridized carbons (Fsp3) is 0.714. The maximum atomic E-state index is 13.1. The number of fused-ring (bicyclic) bond motifs is 3. The molecular formula is C28H39NO6. The zero-order valence-electron chi connectivity index (χ0n) is 20.8. The third-order valence-corrected chi connectivity index (χ3v) is 9.13. The summed E-state index contributed by atoms with van der Waals surface area (Å²) in [4.78, 5) is 26.6. The predicted octanol–water partition coefficient (Wildman–Crippen LogP) is 5.06. The van der Waals surface area contributed by atoms with E-state index in [9.17, 15) is 19.8 Å². The molecule has 0 unspecified atom stereocenters. The molecule has 3 aliphatic heterocycles. The molecule has 2 saturated heterocycles. The Balaban J connectivity index is 1.34. The summed E-state index contributed by atoms with van der Waals surface area (Å²) in [5.74, 6) is 0.522. The first-order chi connectivity index (χ1) is 16.8. The van der Waals surface area contributed by atoms with E-state index in [1.54, 1.807) is 12.1 Å². The van der Waals surface area contributed by atoms with E-state index in [-0.39, 0.29) is 35.5 Å². The number of carbonyl (C=O) groups excluding carboxylic acids is 1. The van der Waals surface area contributed by atoms with E-state index in [2.05, 4.69) is 4.90 Å². The van der Waals surface area contributed by atoms with Crippen molar-refractivity contribution in [3.63, 3.8) is 0 Å². The predicted molar refractivity (Wildman–Crippen MR) is 130 cm³/mol. The Labute approximate surface area is 207 Å². The number of carbonyl (C=O) groups is 2. The number of piperidine rings is 1. The standard InChI is InChI=1S/C28H39NO6/c1-27(14-12-24(32)33)21-16-28(18-34-25(21)20-8-4-9-22(30)26(20)35-27)13-5-15-29(17-28)23(31)11-10-19-6-2-3-7-19/h4,8-9,19,21,25,30H,2-3,5-7,10-18H2,1H3,(H,32,33)/t21-,25+,27-,28-/m0/s1. The van der Waals surface area contributed by atoms with E-state index < -0.39 is 11.6 Å². The van der Waals surface area contributed by atoms with Crippen LogP contribution in [0, 0.1) is 17.3 Å². The van der Waals surface area contributed by atoms with Crippen molar-refractivity contribution in [2.45, 2.75) is 89.3 Å². The van der Waals surface area contributed by atoms with Crippen LogP contribution in [-0.4, -0.2) is 52.3 Å². The van der Waals surface area contributed by atoms with Gasteiger partial charge in [0.05, 0.1) is 12.7 Å². The maximum absolute atomic E-state index is 13.1. The fourth-order valence-electron chi connectivity index (χ4n) is 7.13. The number of amides is 1. The monoisotopic (exact) mass is 485 g/mol. The van der Waals surface area contributed by atoms with Crippen LogP contribution in [0.4, 0.5) is 0 Å². The third-order valence-electron chi connectivity index (χ3n) is 9.13. The number of aliphatic carboxylic acids is 1. The minimum absolute atomic E-state index is 0.0125. The summed E-state index contributed by atoms with van der Waals surface area (Å²) in [6, 6.07) is 5.33. The van der Waals surface area contributed by atoms with Crippen molar-refractivity contribution < 1.29 is 29.3 Å². The summed E-state index contributed by atoms with van der Waals surface area (Å²) in [5, 5.41) is 19.9. The topological polar surface area (TPSA) is 96.3 Å². The van der Waals surface area contributed by atoms with Gasteiger partial charge in [-0.25, -0.2) is 0 Å². The average molecular weight is 486 g/mol. The number of likely N-dealkylation sites (tertiary alicyclic amines) is 1. The van der Waals surface area contributed by atoms with E-state index in [0.717, 1.165) is 37.8 Å². The molecule has 35 heavy (non-hydrogen) atoms. The van der Waals surface area contributed by atoms with Crippen LogP contribution < -0.4 is 4.74 Å². The van der Waals surface area contributed by atoms with Crippen molar-refractivity contribution in [1.29, 1.82) is 0 Å². The number of phenols is 1. The molecule has 1 saturated carbocycles. The second kappa shape index (κ2) is 9.64. The molecular weight excluding hydrogens is 446 g/mol. The molecule has 1 amide bonds. The molecule has 5 rings (SSSR count). The van der Waals surface area contributed by atoms with Gasteiger partial charge in [-0.3, -0.25) is 9.59 Å². The van der Waals surface area contributed by atoms with Crippen LogP contribution in [0.3, 0.4) is 0 Å². The minimum Gasteiger partial charge on any atom is -0.504 e. The SMILES string of the molecule is C[C@@]1(CCC(=O)O)Oc2c(O)cccc2[C@H]2OC[C@@]3(CCCN(C(=O)CCC4CCCC4)C3)C[C@@H]21. The van der Waals surface area contributed by atoms with Crippen LogP contribution in [0.25, 0.3) is 0 Å². The highest BCUT2D eigenvalue weighted by Gasteiger charge is 2.55. The van der Waals surface area contributed by atoms with Gasteiger partial charge >= 0.3 is 5.97 Å². The number of ether oxygens (including phenoxy) is 2. The molecule has 2 N–H and O–H groups in total. The Morgan fingerprint density at radius 1 is 1.17 bits per heavy atom. The van der Waals surface area contributed by atoms with Crippen molar-refractivity contribution in [2.75, 3.05) is 19.7 Å². The van der Waals surface area contributed by atoms with Crippen molar-refractivity contribution in [3.8, 4) is 11.5 Å². The van der Waals surface area contributed by atoms with Gasteiger partial charge < -0.3 is 24.6 Å². The Morgan fingerprint density at radius 2 is 1.97 bits per heavy atom. The Morgan fingerprint density at radius 3 is 2.74 bits per heavy atom. The molecule has 4 aliphatic rings. The molecule has 4 atom stereocenters. The summed E-state index contributed by atoms with van der Waals surface area (Å²) in [6.45, 7) is 4.02. The molecule has 0 radical (unpaired) electrons. The summed E-state index contributed by atoms with van der Waals surface area (Å²) in [7, 11) is 0. The number of hydrogen-bond donors (Lipinski definition) is 2. The Hall–Kier alpha value is -2.28. The molecule has 7 heteroatoms. The molecule has 0 bridgehead atoms. The van der Waals surface area contributed by atoms with Gasteiger partial charge in [0.1, 0.15) is 5.60 Å². The van der Waals surface area contributed by atoms with Crippen LogP contribution in [-0.2, 0) is 14.3 Å². The van der Waals surface area contributed by atoms with Crippen LogP contribution in [0.2, 0.25) is 0 Å². The highest BCUT2D eigenvalue weighted by molar-refractivity contribution is 5.76. The second-order valence-corrected chi connectivity index (χ2v) is 11.7. The van der Waals surface area contributed by atoms with Gasteiger partial charge in [-0.1, -0.05) is 37.8 Å². The number of hydrogen-bond acceptors (Lipinski definition) is 5. The van der Waals surface area contributed by atoms with Crippen LogP contribution in [0.1, 0.15) is 89.2 Å². The highest BCUT2D eigenvalue weighted by atomic mass is 16.5. The molecule has 3 heterocycles. The molecule has 1 spiro atoms. The smallest absolute Gasteiger partial charge is 0.303 e. The van der Waals surface area contributed by atoms with Gasteiger partial charge in [0.25, 0.3) is 0 Å². The van der Waals surface area contributed by atoms with Crippen LogP contribution in [0.15, 0.2) is 18.2 Å². The van der Waals surface area contributed by atoms with Gasteiger partial charge in [-0.15, -0.1) is 0 Å². The number of rotatable bonds is 6. The normalized spacial score (nSPS) is 32.7. The second-order valence-electron chi connectivity index (χ2n) is 11.7. The number of phenolic OH excluding ortho intramolecular Hbond substituents is 1. The highest BCUT2D eigenvalue weighted by Crippen LogP contribution is 2.57. The number of nitrogens with zero attached hydrogens (tertiary/aromatic N) is 1. The van der Waals surface area contributed by atoms with E-state index in [0.29, 0.717) is 37.7 Å². The summed E-state index contributed by atoms with van der Waals surface area (Å²) in [6.07, 6.45) is 9.60. The zero-order valence-corrected chi connectivity index (χ0v) is 20.8. The fourth-order valence-corrected chi connectivity index (χ4v) is 7.13. The molecule has 7 nitrogen and oxygen atoms in total. The lowest BCUT2D eigenvalue weighted by Crippen LogP contribution is -2.57. The van der Waals surface area contributed by atoms with Crippen molar-refractivity contribution in [3.05, 3.63) is 23.8 Å². The minimum atomic E-state index is -0.863. The number of aromatic hydroxyl groups is 1. The molecule has 192 valence electrons. The first-order valence-corrected chi connectivity index (χ1v) is 13.4. The molecule has 1 aromatic carbocycles. The summed E-state index contributed by atoms with van der Waals surface area (Å²) < 4.78 is 13.0. The van der Waals surface area contributed by atoms with Crippen LogP contribution >= 0.6 is 0 Å². The molecule has 3 fully saturated rings. The van der Waals surface area contributed by atoms with E-state index in [1.807, 2.05) is 13.0 Å². The van der Waals surface area contributed by atoms with Gasteiger partial charge in [-0.2, -0.15) is 0 Å². The van der Waals surface area contributed by atoms with Gasteiger partial charge in [0.15, 0.2) is 11.5 Å². The maximum Gasteiger partial charge on any atom is 0.303 e. The lowest BCUT2D eigenvalue weighted by Gasteiger charge is -2.55. The quantitative estimate of drug-likeness (QED) is 0.584.